The minimum atomic E-state index is 0.383. The van der Waals surface area contributed by atoms with E-state index in [1.807, 2.05) is 0 Å². The Bertz CT molecular complexity index is 552. The summed E-state index contributed by atoms with van der Waals surface area (Å²) in [4.78, 5) is 5.81. The van der Waals surface area contributed by atoms with Crippen molar-refractivity contribution in [3.05, 3.63) is 34.4 Å². The van der Waals surface area contributed by atoms with Crippen LogP contribution < -0.4 is 0 Å². The molecule has 0 amide bonds. The Morgan fingerprint density at radius 2 is 1.74 bits per heavy atom. The number of hydrogen-bond donors (Lipinski definition) is 0. The van der Waals surface area contributed by atoms with Crippen LogP contribution in [-0.4, -0.2) is 11.8 Å². The summed E-state index contributed by atoms with van der Waals surface area (Å²) in [5.41, 5.74) is 6.63. The van der Waals surface area contributed by atoms with E-state index in [9.17, 15) is 0 Å². The van der Waals surface area contributed by atoms with E-state index >= 15 is 0 Å². The first-order chi connectivity index (χ1) is 9.15. The summed E-state index contributed by atoms with van der Waals surface area (Å²) in [6, 6.07) is 4.54. The van der Waals surface area contributed by atoms with Crippen LogP contribution in [0.2, 0.25) is 0 Å². The summed E-state index contributed by atoms with van der Waals surface area (Å²) >= 11 is 0. The molecule has 0 unspecified atom stereocenters. The summed E-state index contributed by atoms with van der Waals surface area (Å²) in [5.74, 6) is 2.15. The van der Waals surface area contributed by atoms with Gasteiger partial charge in [-0.15, -0.1) is 0 Å². The lowest BCUT2D eigenvalue weighted by Crippen LogP contribution is -2.30. The summed E-state index contributed by atoms with van der Waals surface area (Å²) in [6.07, 6.45) is 4.46. The maximum Gasteiger partial charge on any atom is 0.139 e. The average Bonchev–Trinajstić information content (AvgIpc) is 2.98. The van der Waals surface area contributed by atoms with Crippen molar-refractivity contribution < 1.29 is 4.84 Å². The molecule has 4 rings (SSSR count). The molecule has 0 saturated heterocycles. The highest BCUT2D eigenvalue weighted by molar-refractivity contribution is 6.05. The molecule has 3 aliphatic rings. The van der Waals surface area contributed by atoms with Crippen molar-refractivity contribution in [2.24, 2.45) is 22.9 Å². The minimum Gasteiger partial charge on any atom is -0.391 e. The second kappa shape index (κ2) is 3.84. The molecular weight excluding hydrogens is 234 g/mol. The van der Waals surface area contributed by atoms with Crippen LogP contribution in [0.25, 0.3) is 0 Å². The van der Waals surface area contributed by atoms with Gasteiger partial charge in [-0.05, 0) is 63.0 Å². The topological polar surface area (TPSA) is 21.6 Å². The fraction of sp³-hybridized carbons (Fsp3) is 0.588. The minimum absolute atomic E-state index is 0.383. The summed E-state index contributed by atoms with van der Waals surface area (Å²) < 4.78 is 0. The van der Waals surface area contributed by atoms with E-state index in [1.54, 1.807) is 0 Å². The van der Waals surface area contributed by atoms with Crippen LogP contribution in [-0.2, 0) is 4.84 Å². The van der Waals surface area contributed by atoms with Gasteiger partial charge in [0.1, 0.15) is 6.10 Å². The lowest BCUT2D eigenvalue weighted by molar-refractivity contribution is 0.0275. The Kier molecular flexibility index (Phi) is 2.33. The maximum atomic E-state index is 5.81. The van der Waals surface area contributed by atoms with Gasteiger partial charge in [0.2, 0.25) is 0 Å². The summed E-state index contributed by atoms with van der Waals surface area (Å²) in [7, 11) is 0. The first-order valence-electron chi connectivity index (χ1n) is 7.47. The van der Waals surface area contributed by atoms with Crippen molar-refractivity contribution in [3.63, 3.8) is 0 Å². The van der Waals surface area contributed by atoms with Gasteiger partial charge in [0.25, 0.3) is 0 Å². The third kappa shape index (κ3) is 1.52. The fourth-order valence-corrected chi connectivity index (χ4v) is 4.74. The van der Waals surface area contributed by atoms with Gasteiger partial charge in [-0.1, -0.05) is 22.9 Å². The SMILES string of the molecule is Cc1cc(C)c(C2=NO[C@@H]3[C@@H]4CC[C@H](C4)[C@H]23)c(C)c1. The van der Waals surface area contributed by atoms with Crippen molar-refractivity contribution >= 4 is 5.71 Å². The van der Waals surface area contributed by atoms with E-state index in [1.165, 1.54) is 47.2 Å². The standard InChI is InChI=1S/C17H21NO/c1-9-6-10(2)14(11(3)7-9)16-15-12-4-5-13(8-12)17(15)19-18-16/h6-7,12-13,15,17H,4-5,8H2,1-3H3/t12-,13-,15-,17-/m1/s1. The van der Waals surface area contributed by atoms with E-state index < -0.39 is 0 Å². The number of benzene rings is 1. The maximum absolute atomic E-state index is 5.81. The number of hydrogen-bond acceptors (Lipinski definition) is 2. The highest BCUT2D eigenvalue weighted by Gasteiger charge is 2.54. The van der Waals surface area contributed by atoms with E-state index in [0.29, 0.717) is 12.0 Å². The second-order valence-electron chi connectivity index (χ2n) is 6.68. The molecule has 0 spiro atoms. The molecule has 1 aromatic rings. The lowest BCUT2D eigenvalue weighted by Gasteiger charge is -2.24. The van der Waals surface area contributed by atoms with Crippen molar-refractivity contribution in [1.29, 1.82) is 0 Å². The zero-order chi connectivity index (χ0) is 13.1. The van der Waals surface area contributed by atoms with Crippen LogP contribution in [0.3, 0.4) is 0 Å². The van der Waals surface area contributed by atoms with E-state index in [4.69, 9.17) is 4.84 Å². The van der Waals surface area contributed by atoms with Gasteiger partial charge in [0.05, 0.1) is 5.71 Å². The van der Waals surface area contributed by atoms with Crippen LogP contribution in [0.4, 0.5) is 0 Å². The molecule has 0 radical (unpaired) electrons. The molecule has 1 aliphatic heterocycles. The first-order valence-corrected chi connectivity index (χ1v) is 7.47. The van der Waals surface area contributed by atoms with Gasteiger partial charge in [-0.25, -0.2) is 0 Å². The number of oxime groups is 1. The highest BCUT2D eigenvalue weighted by atomic mass is 16.6. The zero-order valence-electron chi connectivity index (χ0n) is 11.9. The van der Waals surface area contributed by atoms with Crippen molar-refractivity contribution in [1.82, 2.24) is 0 Å². The first kappa shape index (κ1) is 11.5. The number of nitrogens with zero attached hydrogens (tertiary/aromatic N) is 1. The Hall–Kier alpha value is -1.31. The largest absolute Gasteiger partial charge is 0.391 e. The molecule has 100 valence electrons. The summed E-state index contributed by atoms with van der Waals surface area (Å²) in [6.45, 7) is 6.58. The van der Waals surface area contributed by atoms with Crippen LogP contribution in [0, 0.1) is 38.5 Å². The molecule has 2 aliphatic carbocycles. The molecule has 2 fully saturated rings. The van der Waals surface area contributed by atoms with E-state index in [-0.39, 0.29) is 0 Å². The molecule has 2 saturated carbocycles. The zero-order valence-corrected chi connectivity index (χ0v) is 11.9. The third-order valence-electron chi connectivity index (χ3n) is 5.36. The van der Waals surface area contributed by atoms with Gasteiger partial charge in [0.15, 0.2) is 0 Å². The molecule has 2 bridgehead atoms. The van der Waals surface area contributed by atoms with Gasteiger partial charge < -0.3 is 4.84 Å². The predicted molar refractivity (Wildman–Crippen MR) is 76.4 cm³/mol. The predicted octanol–water partition coefficient (Wildman–Crippen LogP) is 3.76. The van der Waals surface area contributed by atoms with E-state index in [2.05, 4.69) is 38.1 Å². The smallest absolute Gasteiger partial charge is 0.139 e. The van der Waals surface area contributed by atoms with Crippen LogP contribution in [0.15, 0.2) is 17.3 Å². The van der Waals surface area contributed by atoms with Crippen LogP contribution in [0.5, 0.6) is 0 Å². The summed E-state index contributed by atoms with van der Waals surface area (Å²) in [5, 5.41) is 4.50. The molecule has 19 heavy (non-hydrogen) atoms. The van der Waals surface area contributed by atoms with Gasteiger partial charge >= 0.3 is 0 Å². The molecule has 1 heterocycles. The molecule has 4 atom stereocenters. The lowest BCUT2D eigenvalue weighted by atomic mass is 9.79. The number of fused-ring (bicyclic) bond motifs is 5. The molecule has 1 aromatic carbocycles. The average molecular weight is 255 g/mol. The van der Waals surface area contributed by atoms with Crippen molar-refractivity contribution in [2.75, 3.05) is 0 Å². The fourth-order valence-electron chi connectivity index (χ4n) is 4.74. The molecule has 2 nitrogen and oxygen atoms in total. The molecule has 0 aromatic heterocycles. The Labute approximate surface area is 114 Å². The van der Waals surface area contributed by atoms with Crippen LogP contribution in [0.1, 0.15) is 41.5 Å². The van der Waals surface area contributed by atoms with Gasteiger partial charge in [-0.3, -0.25) is 0 Å². The van der Waals surface area contributed by atoms with Gasteiger partial charge in [0, 0.05) is 11.5 Å². The van der Waals surface area contributed by atoms with Gasteiger partial charge in [-0.2, -0.15) is 0 Å². The normalized spacial score (nSPS) is 35.2. The molecular formula is C17H21NO. The molecule has 2 heteroatoms. The quantitative estimate of drug-likeness (QED) is 0.748. The number of rotatable bonds is 1. The Morgan fingerprint density at radius 3 is 2.47 bits per heavy atom. The van der Waals surface area contributed by atoms with E-state index in [0.717, 1.165) is 11.8 Å². The van der Waals surface area contributed by atoms with Crippen molar-refractivity contribution in [2.45, 2.75) is 46.1 Å². The second-order valence-corrected chi connectivity index (χ2v) is 6.68. The van der Waals surface area contributed by atoms with Crippen LogP contribution >= 0.6 is 0 Å². The molecule has 0 N–H and O–H groups in total. The Morgan fingerprint density at radius 1 is 1.05 bits per heavy atom. The third-order valence-corrected chi connectivity index (χ3v) is 5.36. The number of aryl methyl sites for hydroxylation is 3. The van der Waals surface area contributed by atoms with Crippen molar-refractivity contribution in [3.8, 4) is 0 Å². The monoisotopic (exact) mass is 255 g/mol. The Balaban J connectivity index is 1.78. The highest BCUT2D eigenvalue weighted by Crippen LogP contribution is 2.53.